The SMILES string of the molecule is COCC(=O)N[C@H]1CC[C@]2(C)CCC([C@H](C)C(=O)NC(C)C)[C@H](O)[C@H]2[C@@H]1C. The van der Waals surface area contributed by atoms with E-state index >= 15 is 0 Å². The minimum Gasteiger partial charge on any atom is -0.392 e. The molecule has 2 amide bonds. The molecule has 2 fully saturated rings. The maximum absolute atomic E-state index is 12.5. The highest BCUT2D eigenvalue weighted by atomic mass is 16.5. The molecule has 3 N–H and O–H groups in total. The molecule has 0 radical (unpaired) electrons. The molecule has 2 saturated carbocycles. The Morgan fingerprint density at radius 2 is 1.85 bits per heavy atom. The second-order valence-corrected chi connectivity index (χ2v) is 9.33. The Morgan fingerprint density at radius 3 is 2.44 bits per heavy atom. The molecule has 7 atom stereocenters. The van der Waals surface area contributed by atoms with Crippen LogP contribution in [0.5, 0.6) is 0 Å². The van der Waals surface area contributed by atoms with Gasteiger partial charge in [-0.25, -0.2) is 0 Å². The van der Waals surface area contributed by atoms with Crippen LogP contribution >= 0.6 is 0 Å². The third kappa shape index (κ3) is 4.83. The fourth-order valence-corrected chi connectivity index (χ4v) is 5.49. The number of hydrogen-bond donors (Lipinski definition) is 3. The molecule has 1 unspecified atom stereocenters. The molecular weight excluding hydrogens is 344 g/mol. The first-order chi connectivity index (χ1) is 12.6. The summed E-state index contributed by atoms with van der Waals surface area (Å²) in [6.07, 6.45) is 3.25. The second-order valence-electron chi connectivity index (χ2n) is 9.33. The zero-order chi connectivity index (χ0) is 20.4. The van der Waals surface area contributed by atoms with E-state index in [0.717, 1.165) is 25.7 Å². The Balaban J connectivity index is 2.14. The zero-order valence-corrected chi connectivity index (χ0v) is 17.7. The highest BCUT2D eigenvalue weighted by Gasteiger charge is 2.53. The number of fused-ring (bicyclic) bond motifs is 1. The molecule has 6 heteroatoms. The molecule has 27 heavy (non-hydrogen) atoms. The van der Waals surface area contributed by atoms with Crippen molar-refractivity contribution in [1.82, 2.24) is 10.6 Å². The first-order valence-electron chi connectivity index (χ1n) is 10.4. The van der Waals surface area contributed by atoms with Crippen molar-refractivity contribution in [3.05, 3.63) is 0 Å². The van der Waals surface area contributed by atoms with Crippen molar-refractivity contribution in [2.24, 2.45) is 29.1 Å². The van der Waals surface area contributed by atoms with Gasteiger partial charge in [-0.1, -0.05) is 20.8 Å². The third-order valence-electron chi connectivity index (χ3n) is 7.00. The van der Waals surface area contributed by atoms with Gasteiger partial charge in [0.15, 0.2) is 0 Å². The number of hydrogen-bond acceptors (Lipinski definition) is 4. The number of nitrogens with one attached hydrogen (secondary N) is 2. The summed E-state index contributed by atoms with van der Waals surface area (Å²) in [4.78, 5) is 24.5. The number of ether oxygens (including phenoxy) is 1. The summed E-state index contributed by atoms with van der Waals surface area (Å²) < 4.78 is 4.93. The summed E-state index contributed by atoms with van der Waals surface area (Å²) in [7, 11) is 1.51. The Morgan fingerprint density at radius 1 is 1.22 bits per heavy atom. The van der Waals surface area contributed by atoms with Crippen LogP contribution in [0.15, 0.2) is 0 Å². The summed E-state index contributed by atoms with van der Waals surface area (Å²) in [5.74, 6) is -0.120. The van der Waals surface area contributed by atoms with Gasteiger partial charge in [0.05, 0.1) is 6.10 Å². The first kappa shape index (κ1) is 22.2. The molecule has 0 aliphatic heterocycles. The van der Waals surface area contributed by atoms with Crippen LogP contribution in [0, 0.1) is 29.1 Å². The lowest BCUT2D eigenvalue weighted by Gasteiger charge is -2.56. The second kappa shape index (κ2) is 8.91. The number of aliphatic hydroxyl groups excluding tert-OH is 1. The van der Waals surface area contributed by atoms with Crippen molar-refractivity contribution >= 4 is 11.8 Å². The van der Waals surface area contributed by atoms with Gasteiger partial charge in [-0.3, -0.25) is 9.59 Å². The molecule has 2 aliphatic carbocycles. The van der Waals surface area contributed by atoms with E-state index in [1.807, 2.05) is 20.8 Å². The largest absolute Gasteiger partial charge is 0.392 e. The molecule has 0 aromatic rings. The highest BCUT2D eigenvalue weighted by molar-refractivity contribution is 5.79. The fraction of sp³-hybridized carbons (Fsp3) is 0.905. The lowest BCUT2D eigenvalue weighted by molar-refractivity contribution is -0.144. The van der Waals surface area contributed by atoms with E-state index in [2.05, 4.69) is 24.5 Å². The maximum atomic E-state index is 12.5. The lowest BCUT2D eigenvalue weighted by Crippen LogP contribution is -2.59. The van der Waals surface area contributed by atoms with Gasteiger partial charge in [-0.15, -0.1) is 0 Å². The van der Waals surface area contributed by atoms with Gasteiger partial charge in [0.25, 0.3) is 0 Å². The van der Waals surface area contributed by atoms with Crippen LogP contribution in [0.4, 0.5) is 0 Å². The first-order valence-corrected chi connectivity index (χ1v) is 10.4. The summed E-state index contributed by atoms with van der Waals surface area (Å²) >= 11 is 0. The number of carbonyl (C=O) groups excluding carboxylic acids is 2. The van der Waals surface area contributed by atoms with Crippen LogP contribution < -0.4 is 10.6 Å². The number of rotatable bonds is 6. The lowest BCUT2D eigenvalue weighted by atomic mass is 9.51. The molecule has 0 heterocycles. The van der Waals surface area contributed by atoms with Gasteiger partial charge in [0.1, 0.15) is 6.61 Å². The van der Waals surface area contributed by atoms with Crippen molar-refractivity contribution in [2.45, 2.75) is 78.5 Å². The van der Waals surface area contributed by atoms with Gasteiger partial charge < -0.3 is 20.5 Å². The molecule has 0 aromatic carbocycles. The van der Waals surface area contributed by atoms with Crippen LogP contribution in [-0.2, 0) is 14.3 Å². The standard InChI is InChI=1S/C21H38N2O4/c1-12(2)22-20(26)13(3)15-7-9-21(5)10-8-16(23-17(24)11-27-6)14(4)18(21)19(15)25/h12-16,18-19,25H,7-11H2,1-6H3,(H,22,26)(H,23,24)/t13-,14+,15?,16-,18+,19-,21-/m0/s1. The van der Waals surface area contributed by atoms with E-state index < -0.39 is 6.10 Å². The van der Waals surface area contributed by atoms with Crippen LogP contribution in [0.25, 0.3) is 0 Å². The Labute approximate surface area is 163 Å². The average Bonchev–Trinajstić information content (AvgIpc) is 2.57. The molecule has 2 aliphatic rings. The number of aliphatic hydroxyl groups is 1. The van der Waals surface area contributed by atoms with Gasteiger partial charge in [-0.2, -0.15) is 0 Å². The Bertz CT molecular complexity index is 538. The third-order valence-corrected chi connectivity index (χ3v) is 7.00. The average molecular weight is 383 g/mol. The van der Waals surface area contributed by atoms with Gasteiger partial charge in [0.2, 0.25) is 11.8 Å². The van der Waals surface area contributed by atoms with E-state index in [1.54, 1.807) is 0 Å². The predicted octanol–water partition coefficient (Wildman–Crippen LogP) is 2.10. The van der Waals surface area contributed by atoms with Crippen molar-refractivity contribution in [2.75, 3.05) is 13.7 Å². The summed E-state index contributed by atoms with van der Waals surface area (Å²) in [6, 6.07) is 0.138. The van der Waals surface area contributed by atoms with E-state index in [4.69, 9.17) is 4.74 Å². The van der Waals surface area contributed by atoms with Crippen molar-refractivity contribution < 1.29 is 19.4 Å². The number of carbonyl (C=O) groups is 2. The molecule has 156 valence electrons. The smallest absolute Gasteiger partial charge is 0.246 e. The van der Waals surface area contributed by atoms with E-state index in [1.165, 1.54) is 7.11 Å². The quantitative estimate of drug-likeness (QED) is 0.656. The van der Waals surface area contributed by atoms with Gasteiger partial charge in [-0.05, 0) is 62.7 Å². The van der Waals surface area contributed by atoms with E-state index in [-0.39, 0.29) is 59.6 Å². The van der Waals surface area contributed by atoms with Crippen LogP contribution in [0.2, 0.25) is 0 Å². The molecule has 0 spiro atoms. The number of amides is 2. The highest BCUT2D eigenvalue weighted by Crippen LogP contribution is 2.55. The minimum atomic E-state index is -0.534. The molecule has 2 rings (SSSR count). The van der Waals surface area contributed by atoms with Crippen LogP contribution in [-0.4, -0.2) is 48.8 Å². The van der Waals surface area contributed by atoms with Gasteiger partial charge in [0, 0.05) is 25.1 Å². The normalized spacial score (nSPS) is 37.4. The topological polar surface area (TPSA) is 87.7 Å². The molecule has 0 bridgehead atoms. The Hall–Kier alpha value is -1.14. The van der Waals surface area contributed by atoms with Crippen molar-refractivity contribution in [1.29, 1.82) is 0 Å². The molecule has 0 saturated heterocycles. The maximum Gasteiger partial charge on any atom is 0.246 e. The summed E-state index contributed by atoms with van der Waals surface area (Å²) in [6.45, 7) is 10.3. The van der Waals surface area contributed by atoms with E-state index in [9.17, 15) is 14.7 Å². The monoisotopic (exact) mass is 382 g/mol. The van der Waals surface area contributed by atoms with Crippen LogP contribution in [0.3, 0.4) is 0 Å². The summed E-state index contributed by atoms with van der Waals surface area (Å²) in [5, 5.41) is 17.4. The Kier molecular flexibility index (Phi) is 7.31. The van der Waals surface area contributed by atoms with Gasteiger partial charge >= 0.3 is 0 Å². The van der Waals surface area contributed by atoms with Crippen LogP contribution in [0.1, 0.15) is 60.3 Å². The molecular formula is C21H38N2O4. The predicted molar refractivity (Wildman–Crippen MR) is 105 cm³/mol. The van der Waals surface area contributed by atoms with E-state index in [0.29, 0.717) is 0 Å². The minimum absolute atomic E-state index is 0.0195. The van der Waals surface area contributed by atoms with Crippen molar-refractivity contribution in [3.63, 3.8) is 0 Å². The number of methoxy groups -OCH3 is 1. The van der Waals surface area contributed by atoms with Crippen molar-refractivity contribution in [3.8, 4) is 0 Å². The molecule has 0 aromatic heterocycles. The molecule has 6 nitrogen and oxygen atoms in total. The zero-order valence-electron chi connectivity index (χ0n) is 17.7. The fourth-order valence-electron chi connectivity index (χ4n) is 5.49. The summed E-state index contributed by atoms with van der Waals surface area (Å²) in [5.41, 5.74) is 0.0616.